The van der Waals surface area contributed by atoms with Crippen molar-refractivity contribution in [2.24, 2.45) is 10.8 Å². The van der Waals surface area contributed by atoms with Crippen molar-refractivity contribution in [1.82, 2.24) is 5.32 Å². The lowest BCUT2D eigenvalue weighted by atomic mass is 10.0. The van der Waals surface area contributed by atoms with Crippen LogP contribution in [-0.2, 0) is 6.54 Å². The quantitative estimate of drug-likeness (QED) is 0.826. The molecule has 0 bridgehead atoms. The number of aryl methyl sites for hydroxylation is 1. The minimum Gasteiger partial charge on any atom is -0.308 e. The highest BCUT2D eigenvalue weighted by atomic mass is 32.1. The Kier molecular flexibility index (Phi) is 2.47. The van der Waals surface area contributed by atoms with Crippen LogP contribution in [0.3, 0.4) is 0 Å². The molecule has 1 saturated carbocycles. The van der Waals surface area contributed by atoms with Crippen molar-refractivity contribution in [2.75, 3.05) is 0 Å². The average molecular weight is 223 g/mol. The first kappa shape index (κ1) is 11.2. The highest BCUT2D eigenvalue weighted by Crippen LogP contribution is 2.62. The SMILES string of the molecule is Cc1ccsc1CNC1C(C)(C)C1(C)C. The number of hydrogen-bond acceptors (Lipinski definition) is 2. The van der Waals surface area contributed by atoms with Gasteiger partial charge in [0.1, 0.15) is 0 Å². The van der Waals surface area contributed by atoms with Crippen LogP contribution in [-0.4, -0.2) is 6.04 Å². The largest absolute Gasteiger partial charge is 0.308 e. The van der Waals surface area contributed by atoms with Crippen molar-refractivity contribution in [3.05, 3.63) is 21.9 Å². The fourth-order valence-corrected chi connectivity index (χ4v) is 3.34. The van der Waals surface area contributed by atoms with Crippen molar-refractivity contribution in [2.45, 2.75) is 47.2 Å². The maximum absolute atomic E-state index is 3.69. The van der Waals surface area contributed by atoms with E-state index in [0.717, 1.165) is 6.54 Å². The minimum atomic E-state index is 0.443. The summed E-state index contributed by atoms with van der Waals surface area (Å²) in [5.74, 6) is 0. The molecule has 0 atom stereocenters. The Labute approximate surface area is 96.9 Å². The van der Waals surface area contributed by atoms with Gasteiger partial charge in [-0.05, 0) is 34.8 Å². The van der Waals surface area contributed by atoms with Gasteiger partial charge in [-0.2, -0.15) is 0 Å². The number of nitrogens with one attached hydrogen (secondary N) is 1. The summed E-state index contributed by atoms with van der Waals surface area (Å²) in [5, 5.41) is 5.87. The van der Waals surface area contributed by atoms with Crippen LogP contribution in [0.2, 0.25) is 0 Å². The second-order valence-corrected chi connectivity index (χ2v) is 6.78. The molecular weight excluding hydrogens is 202 g/mol. The second-order valence-electron chi connectivity index (χ2n) is 5.78. The van der Waals surface area contributed by atoms with E-state index in [1.807, 2.05) is 11.3 Å². The van der Waals surface area contributed by atoms with Crippen LogP contribution in [0.1, 0.15) is 38.1 Å². The highest BCUT2D eigenvalue weighted by Gasteiger charge is 2.64. The van der Waals surface area contributed by atoms with Gasteiger partial charge in [-0.1, -0.05) is 27.7 Å². The van der Waals surface area contributed by atoms with Crippen LogP contribution >= 0.6 is 11.3 Å². The monoisotopic (exact) mass is 223 g/mol. The third kappa shape index (κ3) is 1.64. The van der Waals surface area contributed by atoms with Crippen LogP contribution in [0.5, 0.6) is 0 Å². The van der Waals surface area contributed by atoms with E-state index in [1.165, 1.54) is 10.4 Å². The average Bonchev–Trinajstić information content (AvgIpc) is 2.49. The summed E-state index contributed by atoms with van der Waals surface area (Å²) < 4.78 is 0. The topological polar surface area (TPSA) is 12.0 Å². The zero-order valence-electron chi connectivity index (χ0n) is 10.3. The van der Waals surface area contributed by atoms with E-state index in [-0.39, 0.29) is 0 Å². The lowest BCUT2D eigenvalue weighted by Gasteiger charge is -2.05. The predicted octanol–water partition coefficient (Wildman–Crippen LogP) is 3.58. The molecule has 0 spiro atoms. The molecule has 1 aromatic rings. The Balaban J connectivity index is 1.94. The van der Waals surface area contributed by atoms with Gasteiger partial charge in [0.25, 0.3) is 0 Å². The third-order valence-corrected chi connectivity index (χ3v) is 5.48. The summed E-state index contributed by atoms with van der Waals surface area (Å²) in [7, 11) is 0. The highest BCUT2D eigenvalue weighted by molar-refractivity contribution is 7.10. The van der Waals surface area contributed by atoms with E-state index in [1.54, 1.807) is 0 Å². The summed E-state index contributed by atoms with van der Waals surface area (Å²) in [5.41, 5.74) is 2.31. The van der Waals surface area contributed by atoms with Gasteiger partial charge in [0, 0.05) is 17.5 Å². The lowest BCUT2D eigenvalue weighted by Crippen LogP contribution is -2.21. The molecule has 0 aromatic carbocycles. The summed E-state index contributed by atoms with van der Waals surface area (Å²) in [4.78, 5) is 1.48. The molecule has 2 rings (SSSR count). The molecule has 0 saturated heterocycles. The standard InChI is InChI=1S/C13H21NS/c1-9-6-7-15-10(9)8-14-11-12(2,3)13(11,4)5/h6-7,11,14H,8H2,1-5H3. The predicted molar refractivity (Wildman–Crippen MR) is 67.2 cm³/mol. The van der Waals surface area contributed by atoms with Crippen LogP contribution < -0.4 is 5.32 Å². The maximum atomic E-state index is 3.69. The Hall–Kier alpha value is -0.340. The molecule has 1 fully saturated rings. The van der Waals surface area contributed by atoms with Crippen molar-refractivity contribution >= 4 is 11.3 Å². The Morgan fingerprint density at radius 3 is 2.27 bits per heavy atom. The molecule has 84 valence electrons. The molecule has 0 unspecified atom stereocenters. The Bertz CT molecular complexity index is 348. The van der Waals surface area contributed by atoms with Crippen molar-refractivity contribution < 1.29 is 0 Å². The maximum Gasteiger partial charge on any atom is 0.0305 e. The summed E-state index contributed by atoms with van der Waals surface area (Å²) in [6.45, 7) is 12.6. The number of hydrogen-bond donors (Lipinski definition) is 1. The van der Waals surface area contributed by atoms with Gasteiger partial charge in [-0.15, -0.1) is 11.3 Å². The van der Waals surface area contributed by atoms with Crippen molar-refractivity contribution in [3.63, 3.8) is 0 Å². The van der Waals surface area contributed by atoms with Crippen LogP contribution in [0.25, 0.3) is 0 Å². The van der Waals surface area contributed by atoms with E-state index in [4.69, 9.17) is 0 Å². The van der Waals surface area contributed by atoms with Crippen molar-refractivity contribution in [1.29, 1.82) is 0 Å². The van der Waals surface area contributed by atoms with Crippen LogP contribution in [0.4, 0.5) is 0 Å². The van der Waals surface area contributed by atoms with Crippen LogP contribution in [0.15, 0.2) is 11.4 Å². The zero-order valence-corrected chi connectivity index (χ0v) is 11.2. The minimum absolute atomic E-state index is 0.443. The Morgan fingerprint density at radius 1 is 1.27 bits per heavy atom. The van der Waals surface area contributed by atoms with Gasteiger partial charge in [-0.25, -0.2) is 0 Å². The second kappa shape index (κ2) is 3.33. The lowest BCUT2D eigenvalue weighted by molar-refractivity contribution is 0.457. The van der Waals surface area contributed by atoms with E-state index in [0.29, 0.717) is 16.9 Å². The molecule has 1 aromatic heterocycles. The first-order valence-electron chi connectivity index (χ1n) is 5.63. The van der Waals surface area contributed by atoms with Gasteiger partial charge < -0.3 is 5.32 Å². The van der Waals surface area contributed by atoms with Gasteiger partial charge in [0.15, 0.2) is 0 Å². The first-order chi connectivity index (χ1) is 6.87. The zero-order chi connectivity index (χ0) is 11.3. The van der Waals surface area contributed by atoms with Crippen molar-refractivity contribution in [3.8, 4) is 0 Å². The molecule has 1 N–H and O–H groups in total. The van der Waals surface area contributed by atoms with E-state index < -0.39 is 0 Å². The molecule has 0 amide bonds. The fourth-order valence-electron chi connectivity index (χ4n) is 2.49. The number of rotatable bonds is 3. The summed E-state index contributed by atoms with van der Waals surface area (Å²) in [6.07, 6.45) is 0. The molecule has 1 aliphatic carbocycles. The normalized spacial score (nSPS) is 23.0. The number of thiophene rings is 1. The fraction of sp³-hybridized carbons (Fsp3) is 0.692. The smallest absolute Gasteiger partial charge is 0.0305 e. The molecule has 1 heterocycles. The Morgan fingerprint density at radius 2 is 1.87 bits per heavy atom. The molecular formula is C13H21NS. The van der Waals surface area contributed by atoms with E-state index >= 15 is 0 Å². The van der Waals surface area contributed by atoms with E-state index in [9.17, 15) is 0 Å². The van der Waals surface area contributed by atoms with Gasteiger partial charge in [0.2, 0.25) is 0 Å². The molecule has 1 aliphatic rings. The van der Waals surface area contributed by atoms with E-state index in [2.05, 4.69) is 51.4 Å². The molecule has 15 heavy (non-hydrogen) atoms. The summed E-state index contributed by atoms with van der Waals surface area (Å²) in [6, 6.07) is 2.86. The van der Waals surface area contributed by atoms with Crippen LogP contribution in [0, 0.1) is 17.8 Å². The molecule has 1 nitrogen and oxygen atoms in total. The van der Waals surface area contributed by atoms with Gasteiger partial charge in [-0.3, -0.25) is 0 Å². The molecule has 0 aliphatic heterocycles. The first-order valence-corrected chi connectivity index (χ1v) is 6.51. The summed E-state index contributed by atoms with van der Waals surface area (Å²) >= 11 is 1.86. The van der Waals surface area contributed by atoms with Gasteiger partial charge in [0.05, 0.1) is 0 Å². The molecule has 2 heteroatoms. The van der Waals surface area contributed by atoms with Gasteiger partial charge >= 0.3 is 0 Å². The molecule has 0 radical (unpaired) electrons. The third-order valence-electron chi connectivity index (χ3n) is 4.46.